The lowest BCUT2D eigenvalue weighted by Gasteiger charge is -2.18. The first kappa shape index (κ1) is 14.0. The molecule has 1 aromatic rings. The van der Waals surface area contributed by atoms with Crippen molar-refractivity contribution in [3.63, 3.8) is 0 Å². The second-order valence-electron chi connectivity index (χ2n) is 3.71. The Balaban J connectivity index is 3.17. The van der Waals surface area contributed by atoms with Crippen LogP contribution in [0.2, 0.25) is 0 Å². The quantitative estimate of drug-likeness (QED) is 0.882. The highest BCUT2D eigenvalue weighted by Crippen LogP contribution is 2.19. The zero-order valence-electron chi connectivity index (χ0n) is 9.39. The molecule has 0 aromatic heterocycles. The lowest BCUT2D eigenvalue weighted by molar-refractivity contribution is 0.171. The zero-order chi connectivity index (χ0) is 13.2. The van der Waals surface area contributed by atoms with Crippen LogP contribution in [0.5, 0.6) is 0 Å². The summed E-state index contributed by atoms with van der Waals surface area (Å²) in [4.78, 5) is -0.736. The number of nitrogens with zero attached hydrogens (tertiary/aromatic N) is 1. The Kier molecular flexibility index (Phi) is 4.18. The van der Waals surface area contributed by atoms with Gasteiger partial charge in [0.2, 0.25) is 10.0 Å². The largest absolute Gasteiger partial charge is 0.392 e. The van der Waals surface area contributed by atoms with E-state index in [2.05, 4.69) is 0 Å². The molecule has 0 aliphatic carbocycles. The van der Waals surface area contributed by atoms with Gasteiger partial charge in [-0.05, 0) is 25.1 Å². The molecular formula is C10H13F2NO3S. The minimum absolute atomic E-state index is 0.196. The number of aliphatic hydroxyl groups is 1. The highest BCUT2D eigenvalue weighted by atomic mass is 32.2. The Labute approximate surface area is 98.5 Å². The van der Waals surface area contributed by atoms with Crippen LogP contribution in [0.3, 0.4) is 0 Å². The van der Waals surface area contributed by atoms with Crippen LogP contribution < -0.4 is 0 Å². The topological polar surface area (TPSA) is 57.6 Å². The van der Waals surface area contributed by atoms with E-state index in [1.807, 2.05) is 0 Å². The fourth-order valence-electron chi connectivity index (χ4n) is 1.31. The third kappa shape index (κ3) is 3.21. The normalized spacial score (nSPS) is 14.0. The maximum Gasteiger partial charge on any atom is 0.245 e. The average Bonchev–Trinajstić information content (AvgIpc) is 2.20. The SMILES string of the molecule is CC(O)CN(C)S(=O)(=O)c1cc(F)ccc1F. The van der Waals surface area contributed by atoms with Crippen LogP contribution in [0.1, 0.15) is 6.92 Å². The summed E-state index contributed by atoms with van der Waals surface area (Å²) in [6.07, 6.45) is -0.897. The molecule has 7 heteroatoms. The third-order valence-corrected chi connectivity index (χ3v) is 3.94. The summed E-state index contributed by atoms with van der Waals surface area (Å²) in [6, 6.07) is 2.20. The van der Waals surface area contributed by atoms with Gasteiger partial charge < -0.3 is 5.11 Å². The van der Waals surface area contributed by atoms with Crippen molar-refractivity contribution in [3.8, 4) is 0 Å². The second kappa shape index (κ2) is 5.07. The molecule has 4 nitrogen and oxygen atoms in total. The Bertz CT molecular complexity index is 502. The lowest BCUT2D eigenvalue weighted by Crippen LogP contribution is -2.33. The van der Waals surface area contributed by atoms with E-state index >= 15 is 0 Å². The number of halogens is 2. The van der Waals surface area contributed by atoms with E-state index in [9.17, 15) is 17.2 Å². The van der Waals surface area contributed by atoms with Gasteiger partial charge in [0.1, 0.15) is 16.5 Å². The molecule has 0 radical (unpaired) electrons. The van der Waals surface area contributed by atoms with E-state index in [0.29, 0.717) is 6.07 Å². The molecule has 0 heterocycles. The molecule has 0 bridgehead atoms. The van der Waals surface area contributed by atoms with E-state index in [1.54, 1.807) is 0 Å². The first-order chi connectivity index (χ1) is 7.75. The molecule has 17 heavy (non-hydrogen) atoms. The molecule has 0 aliphatic heterocycles. The first-order valence-corrected chi connectivity index (χ1v) is 6.28. The van der Waals surface area contributed by atoms with E-state index in [1.165, 1.54) is 14.0 Å². The molecule has 0 fully saturated rings. The van der Waals surface area contributed by atoms with Crippen molar-refractivity contribution in [1.29, 1.82) is 0 Å². The Morgan fingerprint density at radius 2 is 2.00 bits per heavy atom. The number of benzene rings is 1. The van der Waals surface area contributed by atoms with E-state index in [-0.39, 0.29) is 6.54 Å². The van der Waals surface area contributed by atoms with Crippen LogP contribution in [0, 0.1) is 11.6 Å². The first-order valence-electron chi connectivity index (χ1n) is 4.84. The Morgan fingerprint density at radius 3 is 2.53 bits per heavy atom. The average molecular weight is 265 g/mol. The summed E-state index contributed by atoms with van der Waals surface area (Å²) in [5.74, 6) is -1.86. The van der Waals surface area contributed by atoms with Crippen molar-refractivity contribution < 1.29 is 22.3 Å². The fourth-order valence-corrected chi connectivity index (χ4v) is 2.64. The van der Waals surface area contributed by atoms with Gasteiger partial charge >= 0.3 is 0 Å². The van der Waals surface area contributed by atoms with Crippen molar-refractivity contribution in [2.75, 3.05) is 13.6 Å². The summed E-state index contributed by atoms with van der Waals surface area (Å²) in [7, 11) is -2.94. The second-order valence-corrected chi connectivity index (χ2v) is 5.72. The van der Waals surface area contributed by atoms with Crippen LogP contribution >= 0.6 is 0 Å². The molecule has 1 unspecified atom stereocenters. The van der Waals surface area contributed by atoms with Crippen LogP contribution in [-0.4, -0.2) is 37.5 Å². The van der Waals surface area contributed by atoms with Gasteiger partial charge in [0.15, 0.2) is 0 Å². The van der Waals surface area contributed by atoms with Gasteiger partial charge in [-0.1, -0.05) is 0 Å². The number of hydrogen-bond acceptors (Lipinski definition) is 3. The minimum Gasteiger partial charge on any atom is -0.392 e. The molecule has 1 rings (SSSR count). The van der Waals surface area contributed by atoms with Crippen molar-refractivity contribution >= 4 is 10.0 Å². The summed E-state index contributed by atoms with van der Waals surface area (Å²) < 4.78 is 50.7. The van der Waals surface area contributed by atoms with Crippen molar-refractivity contribution in [2.24, 2.45) is 0 Å². The molecule has 96 valence electrons. The van der Waals surface area contributed by atoms with Gasteiger partial charge in [-0.25, -0.2) is 17.2 Å². The number of sulfonamides is 1. The predicted molar refractivity (Wildman–Crippen MR) is 57.9 cm³/mol. The summed E-state index contributed by atoms with van der Waals surface area (Å²) in [5, 5.41) is 9.08. The summed E-state index contributed by atoms with van der Waals surface area (Å²) >= 11 is 0. The molecule has 1 atom stereocenters. The molecule has 1 aromatic carbocycles. The van der Waals surface area contributed by atoms with Gasteiger partial charge in [-0.3, -0.25) is 0 Å². The predicted octanol–water partition coefficient (Wildman–Crippen LogP) is 0.966. The summed E-state index contributed by atoms with van der Waals surface area (Å²) in [6.45, 7) is 1.20. The van der Waals surface area contributed by atoms with Gasteiger partial charge in [-0.15, -0.1) is 0 Å². The van der Waals surface area contributed by atoms with E-state index in [0.717, 1.165) is 16.4 Å². The Morgan fingerprint density at radius 1 is 1.41 bits per heavy atom. The smallest absolute Gasteiger partial charge is 0.245 e. The van der Waals surface area contributed by atoms with Gasteiger partial charge in [0.05, 0.1) is 6.10 Å². The van der Waals surface area contributed by atoms with Crippen molar-refractivity contribution in [1.82, 2.24) is 4.31 Å². The van der Waals surface area contributed by atoms with Crippen LogP contribution in [-0.2, 0) is 10.0 Å². The summed E-state index contributed by atoms with van der Waals surface area (Å²) in [5.41, 5.74) is 0. The van der Waals surface area contributed by atoms with Crippen LogP contribution in [0.15, 0.2) is 23.1 Å². The fraction of sp³-hybridized carbons (Fsp3) is 0.400. The molecule has 0 saturated carbocycles. The van der Waals surface area contributed by atoms with Gasteiger partial charge in [-0.2, -0.15) is 4.31 Å². The Hall–Kier alpha value is -1.05. The maximum atomic E-state index is 13.3. The highest BCUT2D eigenvalue weighted by molar-refractivity contribution is 7.89. The molecule has 0 saturated heterocycles. The number of rotatable bonds is 4. The molecule has 0 aliphatic rings. The molecule has 1 N–H and O–H groups in total. The number of likely N-dealkylation sites (N-methyl/N-ethyl adjacent to an activating group) is 1. The highest BCUT2D eigenvalue weighted by Gasteiger charge is 2.25. The zero-order valence-corrected chi connectivity index (χ0v) is 10.2. The lowest BCUT2D eigenvalue weighted by atomic mass is 10.3. The van der Waals surface area contributed by atoms with Crippen molar-refractivity contribution in [2.45, 2.75) is 17.9 Å². The van der Waals surface area contributed by atoms with Crippen LogP contribution in [0.25, 0.3) is 0 Å². The maximum absolute atomic E-state index is 13.3. The standard InChI is InChI=1S/C10H13F2NO3S/c1-7(14)6-13(2)17(15,16)10-5-8(11)3-4-9(10)12/h3-5,7,14H,6H2,1-2H3. The third-order valence-electron chi connectivity index (χ3n) is 2.10. The monoisotopic (exact) mass is 265 g/mol. The minimum atomic E-state index is -4.13. The number of aliphatic hydroxyl groups excluding tert-OH is 1. The van der Waals surface area contributed by atoms with Gasteiger partial charge in [0.25, 0.3) is 0 Å². The van der Waals surface area contributed by atoms with Crippen molar-refractivity contribution in [3.05, 3.63) is 29.8 Å². The molecular weight excluding hydrogens is 252 g/mol. The van der Waals surface area contributed by atoms with E-state index in [4.69, 9.17) is 5.11 Å². The van der Waals surface area contributed by atoms with Gasteiger partial charge in [0, 0.05) is 13.6 Å². The number of hydrogen-bond donors (Lipinski definition) is 1. The molecule has 0 spiro atoms. The van der Waals surface area contributed by atoms with E-state index < -0.39 is 32.7 Å². The van der Waals surface area contributed by atoms with Crippen LogP contribution in [0.4, 0.5) is 8.78 Å². The molecule has 0 amide bonds.